The Labute approximate surface area is 137 Å². The summed E-state index contributed by atoms with van der Waals surface area (Å²) in [5.41, 5.74) is 0.777. The van der Waals surface area contributed by atoms with Gasteiger partial charge in [-0.15, -0.1) is 0 Å². The zero-order valence-electron chi connectivity index (χ0n) is 12.7. The van der Waals surface area contributed by atoms with Crippen molar-refractivity contribution in [3.63, 3.8) is 0 Å². The van der Waals surface area contributed by atoms with E-state index in [1.807, 2.05) is 0 Å². The molecule has 1 aliphatic rings. The molecule has 3 rings (SSSR count). The standard InChI is InChI=1S/C17H16FNO5/c18-12-5-3-11(4-6-12)10-24-13-8-14(17(21)22)19(9-13)16(20)15-2-1-7-23-15/h1-7,13-14H,8-10H2,(H,21,22). The number of ether oxygens (including phenoxy) is 1. The number of likely N-dealkylation sites (tertiary alicyclic amines) is 1. The molecular weight excluding hydrogens is 317 g/mol. The predicted octanol–water partition coefficient (Wildman–Crippen LogP) is 2.30. The molecule has 1 aromatic heterocycles. The summed E-state index contributed by atoms with van der Waals surface area (Å²) in [6.07, 6.45) is 1.15. The predicted molar refractivity (Wildman–Crippen MR) is 80.8 cm³/mol. The second-order valence-corrected chi connectivity index (χ2v) is 5.58. The fourth-order valence-corrected chi connectivity index (χ4v) is 2.71. The number of furan rings is 1. The van der Waals surface area contributed by atoms with Gasteiger partial charge in [0.25, 0.3) is 5.91 Å². The van der Waals surface area contributed by atoms with Crippen molar-refractivity contribution in [2.75, 3.05) is 6.54 Å². The number of carbonyl (C=O) groups excluding carboxylic acids is 1. The number of amides is 1. The normalized spacial score (nSPS) is 20.3. The molecule has 1 aliphatic heterocycles. The number of carboxylic acid groups (broad SMARTS) is 1. The molecule has 126 valence electrons. The Morgan fingerprint density at radius 1 is 1.29 bits per heavy atom. The second kappa shape index (κ2) is 6.84. The highest BCUT2D eigenvalue weighted by Gasteiger charge is 2.41. The first-order valence-corrected chi connectivity index (χ1v) is 7.48. The smallest absolute Gasteiger partial charge is 0.326 e. The van der Waals surface area contributed by atoms with Gasteiger partial charge in [0.15, 0.2) is 5.76 Å². The van der Waals surface area contributed by atoms with Crippen LogP contribution < -0.4 is 0 Å². The SMILES string of the molecule is O=C(O)C1CC(OCc2ccc(F)cc2)CN1C(=O)c1ccco1. The van der Waals surface area contributed by atoms with Gasteiger partial charge in [0, 0.05) is 13.0 Å². The Bertz CT molecular complexity index is 713. The molecule has 2 atom stereocenters. The number of rotatable bonds is 5. The highest BCUT2D eigenvalue weighted by molar-refractivity contribution is 5.94. The van der Waals surface area contributed by atoms with Crippen molar-refractivity contribution in [3.05, 3.63) is 59.8 Å². The topological polar surface area (TPSA) is 80.0 Å². The Balaban J connectivity index is 1.65. The molecule has 0 bridgehead atoms. The molecule has 2 heterocycles. The Kier molecular flexibility index (Phi) is 4.61. The van der Waals surface area contributed by atoms with E-state index < -0.39 is 24.0 Å². The van der Waals surface area contributed by atoms with E-state index in [4.69, 9.17) is 9.15 Å². The van der Waals surface area contributed by atoms with E-state index >= 15 is 0 Å². The van der Waals surface area contributed by atoms with Crippen LogP contribution in [0.1, 0.15) is 22.5 Å². The summed E-state index contributed by atoms with van der Waals surface area (Å²) in [5.74, 6) is -1.79. The number of carboxylic acids is 1. The summed E-state index contributed by atoms with van der Waals surface area (Å²) in [7, 11) is 0. The van der Waals surface area contributed by atoms with Crippen LogP contribution in [0, 0.1) is 5.82 Å². The number of nitrogens with zero attached hydrogens (tertiary/aromatic N) is 1. The molecule has 1 saturated heterocycles. The third-order valence-corrected chi connectivity index (χ3v) is 3.94. The second-order valence-electron chi connectivity index (χ2n) is 5.58. The van der Waals surface area contributed by atoms with Gasteiger partial charge in [-0.3, -0.25) is 4.79 Å². The van der Waals surface area contributed by atoms with Gasteiger partial charge < -0.3 is 19.2 Å². The van der Waals surface area contributed by atoms with Crippen LogP contribution in [-0.4, -0.2) is 40.6 Å². The monoisotopic (exact) mass is 333 g/mol. The minimum absolute atomic E-state index is 0.0976. The van der Waals surface area contributed by atoms with Crippen molar-refractivity contribution < 1.29 is 28.2 Å². The number of benzene rings is 1. The molecule has 1 aromatic carbocycles. The largest absolute Gasteiger partial charge is 0.480 e. The van der Waals surface area contributed by atoms with Gasteiger partial charge in [-0.2, -0.15) is 0 Å². The lowest BCUT2D eigenvalue weighted by molar-refractivity contribution is -0.141. The molecule has 24 heavy (non-hydrogen) atoms. The van der Waals surface area contributed by atoms with E-state index in [-0.39, 0.29) is 31.1 Å². The molecule has 1 N–H and O–H groups in total. The van der Waals surface area contributed by atoms with Crippen molar-refractivity contribution in [2.24, 2.45) is 0 Å². The number of halogens is 1. The Hall–Kier alpha value is -2.67. The number of aliphatic carboxylic acids is 1. The van der Waals surface area contributed by atoms with E-state index in [9.17, 15) is 19.1 Å². The summed E-state index contributed by atoms with van der Waals surface area (Å²) >= 11 is 0. The van der Waals surface area contributed by atoms with Crippen molar-refractivity contribution in [1.82, 2.24) is 4.90 Å². The third-order valence-electron chi connectivity index (χ3n) is 3.94. The number of hydrogen-bond donors (Lipinski definition) is 1. The first kappa shape index (κ1) is 16.2. The summed E-state index contributed by atoms with van der Waals surface area (Å²) in [5, 5.41) is 9.34. The van der Waals surface area contributed by atoms with E-state index in [0.717, 1.165) is 5.56 Å². The van der Waals surface area contributed by atoms with E-state index in [1.54, 1.807) is 18.2 Å². The molecule has 1 amide bonds. The first-order chi connectivity index (χ1) is 11.5. The zero-order chi connectivity index (χ0) is 17.1. The van der Waals surface area contributed by atoms with Gasteiger partial charge >= 0.3 is 5.97 Å². The van der Waals surface area contributed by atoms with Crippen LogP contribution in [0.25, 0.3) is 0 Å². The molecule has 0 saturated carbocycles. The van der Waals surface area contributed by atoms with Crippen LogP contribution in [0.5, 0.6) is 0 Å². The van der Waals surface area contributed by atoms with Gasteiger partial charge in [0.2, 0.25) is 0 Å². The summed E-state index contributed by atoms with van der Waals surface area (Å²) in [4.78, 5) is 25.0. The van der Waals surface area contributed by atoms with Crippen molar-refractivity contribution in [1.29, 1.82) is 0 Å². The molecule has 2 aromatic rings. The van der Waals surface area contributed by atoms with Gasteiger partial charge in [0.05, 0.1) is 19.0 Å². The minimum Gasteiger partial charge on any atom is -0.480 e. The quantitative estimate of drug-likeness (QED) is 0.908. The van der Waals surface area contributed by atoms with Crippen molar-refractivity contribution in [2.45, 2.75) is 25.2 Å². The van der Waals surface area contributed by atoms with Gasteiger partial charge in [-0.1, -0.05) is 12.1 Å². The number of hydrogen-bond acceptors (Lipinski definition) is 4. The van der Waals surface area contributed by atoms with E-state index in [2.05, 4.69) is 0 Å². The minimum atomic E-state index is -1.08. The first-order valence-electron chi connectivity index (χ1n) is 7.48. The molecule has 2 unspecified atom stereocenters. The van der Waals surface area contributed by atoms with Crippen molar-refractivity contribution >= 4 is 11.9 Å². The lowest BCUT2D eigenvalue weighted by atomic mass is 10.2. The van der Waals surface area contributed by atoms with Gasteiger partial charge in [-0.05, 0) is 29.8 Å². The highest BCUT2D eigenvalue weighted by Crippen LogP contribution is 2.24. The van der Waals surface area contributed by atoms with Crippen LogP contribution in [0.2, 0.25) is 0 Å². The molecule has 0 aliphatic carbocycles. The molecule has 0 spiro atoms. The lowest BCUT2D eigenvalue weighted by Gasteiger charge is -2.19. The van der Waals surface area contributed by atoms with Crippen LogP contribution >= 0.6 is 0 Å². The van der Waals surface area contributed by atoms with Gasteiger partial charge in [-0.25, -0.2) is 9.18 Å². The average Bonchev–Trinajstić information content (AvgIpc) is 3.23. The Morgan fingerprint density at radius 2 is 2.04 bits per heavy atom. The highest BCUT2D eigenvalue weighted by atomic mass is 19.1. The van der Waals surface area contributed by atoms with Crippen LogP contribution in [-0.2, 0) is 16.1 Å². The maximum atomic E-state index is 12.9. The summed E-state index contributed by atoms with van der Waals surface area (Å²) < 4.78 is 23.6. The van der Waals surface area contributed by atoms with Crippen LogP contribution in [0.15, 0.2) is 47.1 Å². The third kappa shape index (κ3) is 3.46. The Morgan fingerprint density at radius 3 is 2.67 bits per heavy atom. The summed E-state index contributed by atoms with van der Waals surface area (Å²) in [6.45, 7) is 0.387. The molecular formula is C17H16FNO5. The van der Waals surface area contributed by atoms with Crippen LogP contribution in [0.4, 0.5) is 4.39 Å². The molecule has 7 heteroatoms. The summed E-state index contributed by atoms with van der Waals surface area (Å²) in [6, 6.07) is 7.98. The van der Waals surface area contributed by atoms with Gasteiger partial charge in [0.1, 0.15) is 11.9 Å². The fourth-order valence-electron chi connectivity index (χ4n) is 2.71. The maximum absolute atomic E-state index is 12.9. The van der Waals surface area contributed by atoms with E-state index in [0.29, 0.717) is 0 Å². The van der Waals surface area contributed by atoms with Crippen LogP contribution in [0.3, 0.4) is 0 Å². The van der Waals surface area contributed by atoms with Crippen molar-refractivity contribution in [3.8, 4) is 0 Å². The molecule has 0 radical (unpaired) electrons. The fraction of sp³-hybridized carbons (Fsp3) is 0.294. The van der Waals surface area contributed by atoms with E-state index in [1.165, 1.54) is 29.4 Å². The average molecular weight is 333 g/mol. The number of carbonyl (C=O) groups is 2. The molecule has 1 fully saturated rings. The zero-order valence-corrected chi connectivity index (χ0v) is 12.7. The maximum Gasteiger partial charge on any atom is 0.326 e. The lowest BCUT2D eigenvalue weighted by Crippen LogP contribution is -2.40. The molecule has 6 nitrogen and oxygen atoms in total.